The fourth-order valence-corrected chi connectivity index (χ4v) is 5.97. The molecule has 0 unspecified atom stereocenters. The molecule has 0 amide bonds. The number of nitrogens with one attached hydrogen (secondary N) is 1. The van der Waals surface area contributed by atoms with Crippen molar-refractivity contribution in [2.75, 3.05) is 13.2 Å². The summed E-state index contributed by atoms with van der Waals surface area (Å²) in [6.07, 6.45) is -4.01. The summed E-state index contributed by atoms with van der Waals surface area (Å²) in [4.78, 5) is 13.7. The van der Waals surface area contributed by atoms with Crippen molar-refractivity contribution in [3.8, 4) is 0 Å². The summed E-state index contributed by atoms with van der Waals surface area (Å²) in [5.74, 6) is -3.23. The third-order valence-electron chi connectivity index (χ3n) is 7.53. The van der Waals surface area contributed by atoms with Crippen LogP contribution in [0.4, 0.5) is 17.6 Å². The van der Waals surface area contributed by atoms with Crippen LogP contribution in [0.5, 0.6) is 0 Å². The van der Waals surface area contributed by atoms with Crippen LogP contribution in [-0.4, -0.2) is 34.5 Å². The second-order valence-corrected chi connectivity index (χ2v) is 13.2. The molecule has 0 aromatic heterocycles. The number of hydrogen-bond acceptors (Lipinski definition) is 6. The number of rotatable bonds is 12. The molecule has 1 N–H and O–H groups in total. The smallest absolute Gasteiger partial charge is 0.416 e. The lowest BCUT2D eigenvalue weighted by Crippen LogP contribution is -2.55. The van der Waals surface area contributed by atoms with Gasteiger partial charge in [-0.25, -0.2) is 4.39 Å². The van der Waals surface area contributed by atoms with E-state index in [9.17, 15) is 26.9 Å². The van der Waals surface area contributed by atoms with Gasteiger partial charge < -0.3 is 18.8 Å². The minimum Gasteiger partial charge on any atom is -0.598 e. The summed E-state index contributed by atoms with van der Waals surface area (Å²) < 4.78 is 88.1. The maximum absolute atomic E-state index is 14.4. The third kappa shape index (κ3) is 8.01. The van der Waals surface area contributed by atoms with Crippen molar-refractivity contribution in [2.45, 2.75) is 89.7 Å². The first kappa shape index (κ1) is 33.3. The standard InChI is InChI=1S/C30H39F4NO5S/c1-6-28(7-2,26(36)38-20-21-11-9-8-10-12-21)25(35-41(37)27(3,4)5)13-14-29(39-15-16-40-29)22-17-23(30(32,33)34)19-24(31)18-22/h8-12,17-19,25,35H,6-7,13-16,20H2,1-5H3/t25-,41-/m1/s1. The number of carbonyl (C=O) groups is 1. The van der Waals surface area contributed by atoms with Gasteiger partial charge in [-0.15, -0.1) is 4.72 Å². The van der Waals surface area contributed by atoms with Crippen LogP contribution in [-0.2, 0) is 48.9 Å². The van der Waals surface area contributed by atoms with Gasteiger partial charge in [0.2, 0.25) is 0 Å². The minimum absolute atomic E-state index is 0.0273. The SMILES string of the molecule is CCC(CC)(C(=O)OCc1ccccc1)[C@@H](CCC1(c2cc(F)cc(C(F)(F)F)c2)OCCO1)N[S@+]([O-])C(C)(C)C. The van der Waals surface area contributed by atoms with Gasteiger partial charge in [0.1, 0.15) is 17.2 Å². The molecule has 0 radical (unpaired) electrons. The van der Waals surface area contributed by atoms with E-state index in [0.29, 0.717) is 18.9 Å². The van der Waals surface area contributed by atoms with Gasteiger partial charge >= 0.3 is 12.1 Å². The molecule has 41 heavy (non-hydrogen) atoms. The average Bonchev–Trinajstić information content (AvgIpc) is 3.40. The van der Waals surface area contributed by atoms with E-state index >= 15 is 0 Å². The van der Waals surface area contributed by atoms with E-state index in [4.69, 9.17) is 14.2 Å². The first-order valence-electron chi connectivity index (χ1n) is 13.7. The molecule has 0 bridgehead atoms. The van der Waals surface area contributed by atoms with E-state index in [1.807, 2.05) is 44.2 Å². The third-order valence-corrected chi connectivity index (χ3v) is 9.15. The molecule has 1 heterocycles. The lowest BCUT2D eigenvalue weighted by atomic mass is 9.73. The van der Waals surface area contributed by atoms with Crippen molar-refractivity contribution in [2.24, 2.45) is 5.41 Å². The fourth-order valence-electron chi connectivity index (χ4n) is 5.01. The molecule has 1 aliphatic heterocycles. The molecule has 11 heteroatoms. The van der Waals surface area contributed by atoms with E-state index in [1.54, 1.807) is 20.8 Å². The van der Waals surface area contributed by atoms with Crippen LogP contribution < -0.4 is 4.72 Å². The van der Waals surface area contributed by atoms with Gasteiger partial charge in [-0.2, -0.15) is 13.2 Å². The second kappa shape index (κ2) is 13.4. The van der Waals surface area contributed by atoms with E-state index < -0.39 is 56.9 Å². The zero-order valence-corrected chi connectivity index (χ0v) is 24.9. The Morgan fingerprint density at radius 3 is 2.22 bits per heavy atom. The Morgan fingerprint density at radius 1 is 1.07 bits per heavy atom. The molecule has 1 fully saturated rings. The predicted molar refractivity (Wildman–Crippen MR) is 148 cm³/mol. The highest BCUT2D eigenvalue weighted by Crippen LogP contribution is 2.43. The minimum atomic E-state index is -4.77. The highest BCUT2D eigenvalue weighted by Gasteiger charge is 2.50. The molecule has 0 spiro atoms. The van der Waals surface area contributed by atoms with Crippen molar-refractivity contribution in [3.63, 3.8) is 0 Å². The lowest BCUT2D eigenvalue weighted by Gasteiger charge is -2.40. The van der Waals surface area contributed by atoms with Crippen LogP contribution in [0.1, 0.15) is 77.0 Å². The van der Waals surface area contributed by atoms with E-state index in [0.717, 1.165) is 17.7 Å². The Morgan fingerprint density at radius 2 is 1.68 bits per heavy atom. The molecule has 2 atom stereocenters. The molecular formula is C30H39F4NO5S. The van der Waals surface area contributed by atoms with Crippen molar-refractivity contribution in [1.29, 1.82) is 0 Å². The maximum Gasteiger partial charge on any atom is 0.416 e. The normalized spacial score (nSPS) is 17.3. The van der Waals surface area contributed by atoms with Crippen LogP contribution in [0.25, 0.3) is 0 Å². The van der Waals surface area contributed by atoms with Gasteiger partial charge in [-0.05, 0) is 63.8 Å². The Balaban J connectivity index is 1.96. The van der Waals surface area contributed by atoms with Gasteiger partial charge in [0.25, 0.3) is 0 Å². The first-order valence-corrected chi connectivity index (χ1v) is 14.9. The number of esters is 1. The predicted octanol–water partition coefficient (Wildman–Crippen LogP) is 6.79. The van der Waals surface area contributed by atoms with E-state index in [1.165, 1.54) is 0 Å². The number of halogens is 4. The average molecular weight is 602 g/mol. The summed E-state index contributed by atoms with van der Waals surface area (Å²) in [6, 6.07) is 10.7. The van der Waals surface area contributed by atoms with Crippen LogP contribution in [0.2, 0.25) is 0 Å². The zero-order valence-electron chi connectivity index (χ0n) is 24.1. The number of ether oxygens (including phenoxy) is 3. The number of benzene rings is 2. The molecule has 2 aromatic carbocycles. The summed E-state index contributed by atoms with van der Waals surface area (Å²) in [5.41, 5.74) is -1.59. The van der Waals surface area contributed by atoms with Gasteiger partial charge in [-0.3, -0.25) is 4.79 Å². The molecule has 6 nitrogen and oxygen atoms in total. The van der Waals surface area contributed by atoms with Crippen molar-refractivity contribution in [1.82, 2.24) is 4.72 Å². The number of alkyl halides is 3. The van der Waals surface area contributed by atoms with Crippen molar-refractivity contribution >= 4 is 17.3 Å². The molecule has 228 valence electrons. The number of carbonyl (C=O) groups excluding carboxylic acids is 1. The van der Waals surface area contributed by atoms with Crippen LogP contribution in [0.3, 0.4) is 0 Å². The van der Waals surface area contributed by atoms with Crippen molar-refractivity contribution < 1.29 is 41.1 Å². The van der Waals surface area contributed by atoms with Gasteiger partial charge in [0.05, 0.1) is 30.2 Å². The monoisotopic (exact) mass is 601 g/mol. The molecule has 1 aliphatic rings. The molecule has 0 aliphatic carbocycles. The largest absolute Gasteiger partial charge is 0.598 e. The quantitative estimate of drug-likeness (QED) is 0.164. The van der Waals surface area contributed by atoms with Crippen molar-refractivity contribution in [3.05, 3.63) is 71.0 Å². The van der Waals surface area contributed by atoms with Crippen LogP contribution in [0, 0.1) is 11.2 Å². The lowest BCUT2D eigenvalue weighted by molar-refractivity contribution is -0.177. The fraction of sp³-hybridized carbons (Fsp3) is 0.567. The highest BCUT2D eigenvalue weighted by atomic mass is 32.2. The zero-order chi connectivity index (χ0) is 30.5. The summed E-state index contributed by atoms with van der Waals surface area (Å²) >= 11 is -1.60. The Kier molecular flexibility index (Phi) is 10.9. The number of hydrogen-bond donors (Lipinski definition) is 1. The summed E-state index contributed by atoms with van der Waals surface area (Å²) in [5, 5.41) is 0. The Bertz CT molecular complexity index is 1150. The molecular weight excluding hydrogens is 562 g/mol. The highest BCUT2D eigenvalue weighted by molar-refractivity contribution is 7.90. The van der Waals surface area contributed by atoms with Gasteiger partial charge in [-0.1, -0.05) is 44.2 Å². The van der Waals surface area contributed by atoms with Crippen LogP contribution in [0.15, 0.2) is 48.5 Å². The molecule has 3 rings (SSSR count). The van der Waals surface area contributed by atoms with Gasteiger partial charge in [0, 0.05) is 23.3 Å². The Hall–Kier alpha value is -2.18. The first-order chi connectivity index (χ1) is 19.2. The topological polar surface area (TPSA) is 79.9 Å². The van der Waals surface area contributed by atoms with Gasteiger partial charge in [0.15, 0.2) is 5.79 Å². The van der Waals surface area contributed by atoms with E-state index in [-0.39, 0.29) is 38.2 Å². The second-order valence-electron chi connectivity index (χ2n) is 11.2. The Labute approximate surface area is 242 Å². The molecule has 1 saturated heterocycles. The molecule has 0 saturated carbocycles. The summed E-state index contributed by atoms with van der Waals surface area (Å²) in [6.45, 7) is 9.27. The maximum atomic E-state index is 14.4. The van der Waals surface area contributed by atoms with Crippen LogP contribution >= 0.6 is 0 Å². The van der Waals surface area contributed by atoms with E-state index in [2.05, 4.69) is 4.72 Å². The molecule has 2 aromatic rings. The summed E-state index contributed by atoms with van der Waals surface area (Å²) in [7, 11) is 0.